The van der Waals surface area contributed by atoms with Crippen LogP contribution in [-0.2, 0) is 15.3 Å². The SMILES string of the molecule is COc1cccc(C(C)(C)CNc2ccc(S(C)(=O)=O)cc2)c1. The quantitative estimate of drug-likeness (QED) is 0.879. The first-order valence-corrected chi connectivity index (χ1v) is 9.30. The van der Waals surface area contributed by atoms with Gasteiger partial charge in [-0.1, -0.05) is 26.0 Å². The minimum Gasteiger partial charge on any atom is -0.497 e. The van der Waals surface area contributed by atoms with Gasteiger partial charge in [-0.3, -0.25) is 0 Å². The van der Waals surface area contributed by atoms with Crippen LogP contribution in [0.4, 0.5) is 5.69 Å². The molecule has 0 radical (unpaired) electrons. The lowest BCUT2D eigenvalue weighted by molar-refractivity contribution is 0.412. The molecule has 0 heterocycles. The summed E-state index contributed by atoms with van der Waals surface area (Å²) in [5.41, 5.74) is 1.98. The topological polar surface area (TPSA) is 55.4 Å². The number of rotatable bonds is 6. The summed E-state index contributed by atoms with van der Waals surface area (Å²) in [6.07, 6.45) is 1.21. The Morgan fingerprint density at radius 2 is 1.74 bits per heavy atom. The molecule has 0 saturated carbocycles. The Hall–Kier alpha value is -2.01. The van der Waals surface area contributed by atoms with Gasteiger partial charge in [0.05, 0.1) is 12.0 Å². The van der Waals surface area contributed by atoms with E-state index in [1.54, 1.807) is 31.4 Å². The minimum atomic E-state index is -3.16. The third-order valence-electron chi connectivity index (χ3n) is 3.87. The van der Waals surface area contributed by atoms with E-state index in [2.05, 4.69) is 25.2 Å². The van der Waals surface area contributed by atoms with Crippen molar-refractivity contribution in [3.63, 3.8) is 0 Å². The van der Waals surface area contributed by atoms with Gasteiger partial charge in [0.25, 0.3) is 0 Å². The maximum atomic E-state index is 11.5. The highest BCUT2D eigenvalue weighted by molar-refractivity contribution is 7.90. The third-order valence-corrected chi connectivity index (χ3v) is 5.00. The molecule has 0 amide bonds. The van der Waals surface area contributed by atoms with E-state index >= 15 is 0 Å². The molecule has 0 saturated heterocycles. The van der Waals surface area contributed by atoms with E-state index in [9.17, 15) is 8.42 Å². The van der Waals surface area contributed by atoms with Crippen LogP contribution in [0.15, 0.2) is 53.4 Å². The van der Waals surface area contributed by atoms with Crippen LogP contribution in [0.1, 0.15) is 19.4 Å². The Labute approximate surface area is 138 Å². The number of nitrogens with one attached hydrogen (secondary N) is 1. The second-order valence-corrected chi connectivity index (χ2v) is 8.28. The molecule has 0 aliphatic carbocycles. The molecule has 124 valence electrons. The maximum absolute atomic E-state index is 11.5. The Kier molecular flexibility index (Phi) is 5.00. The van der Waals surface area contributed by atoms with Crippen LogP contribution >= 0.6 is 0 Å². The Bertz CT molecular complexity index is 765. The predicted octanol–water partition coefficient (Wildman–Crippen LogP) is 3.49. The van der Waals surface area contributed by atoms with E-state index in [0.29, 0.717) is 4.90 Å². The highest BCUT2D eigenvalue weighted by atomic mass is 32.2. The van der Waals surface area contributed by atoms with Gasteiger partial charge in [-0.2, -0.15) is 0 Å². The molecule has 0 aliphatic heterocycles. The van der Waals surface area contributed by atoms with Gasteiger partial charge < -0.3 is 10.1 Å². The summed E-state index contributed by atoms with van der Waals surface area (Å²) in [4.78, 5) is 0.329. The van der Waals surface area contributed by atoms with Gasteiger partial charge in [-0.25, -0.2) is 8.42 Å². The van der Waals surface area contributed by atoms with Gasteiger partial charge in [-0.15, -0.1) is 0 Å². The number of hydrogen-bond donors (Lipinski definition) is 1. The molecule has 1 N–H and O–H groups in total. The van der Waals surface area contributed by atoms with Gasteiger partial charge in [0.15, 0.2) is 9.84 Å². The minimum absolute atomic E-state index is 0.0932. The molecule has 23 heavy (non-hydrogen) atoms. The average molecular weight is 333 g/mol. The zero-order valence-corrected chi connectivity index (χ0v) is 14.8. The number of anilines is 1. The van der Waals surface area contributed by atoms with Gasteiger partial charge in [0, 0.05) is 23.9 Å². The monoisotopic (exact) mass is 333 g/mol. The van der Waals surface area contributed by atoms with Gasteiger partial charge in [-0.05, 0) is 42.0 Å². The van der Waals surface area contributed by atoms with Crippen molar-refractivity contribution in [2.45, 2.75) is 24.2 Å². The summed E-state index contributed by atoms with van der Waals surface area (Å²) >= 11 is 0. The molecule has 0 unspecified atom stereocenters. The summed E-state index contributed by atoms with van der Waals surface area (Å²) in [5, 5.41) is 3.36. The van der Waals surface area contributed by atoms with Crippen LogP contribution in [0.25, 0.3) is 0 Å². The van der Waals surface area contributed by atoms with E-state index in [-0.39, 0.29) is 5.41 Å². The fraction of sp³-hybridized carbons (Fsp3) is 0.333. The Morgan fingerprint density at radius 1 is 1.09 bits per heavy atom. The standard InChI is InChI=1S/C18H23NO3S/c1-18(2,14-6-5-7-16(12-14)22-3)13-19-15-8-10-17(11-9-15)23(4,20)21/h5-12,19H,13H2,1-4H3. The zero-order valence-electron chi connectivity index (χ0n) is 14.0. The van der Waals surface area contributed by atoms with Crippen molar-refractivity contribution < 1.29 is 13.2 Å². The normalized spacial score (nSPS) is 12.0. The highest BCUT2D eigenvalue weighted by Gasteiger charge is 2.21. The van der Waals surface area contributed by atoms with Gasteiger partial charge in [0.2, 0.25) is 0 Å². The van der Waals surface area contributed by atoms with E-state index < -0.39 is 9.84 Å². The lowest BCUT2D eigenvalue weighted by Gasteiger charge is -2.26. The second kappa shape index (κ2) is 6.62. The van der Waals surface area contributed by atoms with Crippen LogP contribution in [0.5, 0.6) is 5.75 Å². The highest BCUT2D eigenvalue weighted by Crippen LogP contribution is 2.27. The summed E-state index contributed by atoms with van der Waals surface area (Å²) in [7, 11) is -1.49. The van der Waals surface area contributed by atoms with Gasteiger partial charge in [0.1, 0.15) is 5.75 Å². The van der Waals surface area contributed by atoms with Crippen molar-refractivity contribution in [1.82, 2.24) is 0 Å². The predicted molar refractivity (Wildman–Crippen MR) is 94.1 cm³/mol. The number of benzene rings is 2. The first kappa shape index (κ1) is 17.3. The molecule has 0 aromatic heterocycles. The van der Waals surface area contributed by atoms with Crippen LogP contribution in [-0.4, -0.2) is 28.3 Å². The lowest BCUT2D eigenvalue weighted by Crippen LogP contribution is -2.27. The van der Waals surface area contributed by atoms with E-state index in [1.165, 1.54) is 11.8 Å². The first-order valence-electron chi connectivity index (χ1n) is 7.41. The fourth-order valence-corrected chi connectivity index (χ4v) is 2.92. The number of methoxy groups -OCH3 is 1. The number of sulfone groups is 1. The van der Waals surface area contributed by atoms with Crippen molar-refractivity contribution >= 4 is 15.5 Å². The Morgan fingerprint density at radius 3 is 2.30 bits per heavy atom. The van der Waals surface area contributed by atoms with E-state index in [4.69, 9.17) is 4.74 Å². The first-order chi connectivity index (χ1) is 10.7. The third kappa shape index (κ3) is 4.48. The van der Waals surface area contributed by atoms with E-state index in [1.807, 2.05) is 18.2 Å². The molecule has 2 rings (SSSR count). The molecule has 5 heteroatoms. The second-order valence-electron chi connectivity index (χ2n) is 6.27. The summed E-state index contributed by atoms with van der Waals surface area (Å²) in [6, 6.07) is 14.8. The molecule has 0 spiro atoms. The molecule has 2 aromatic rings. The fourth-order valence-electron chi connectivity index (χ4n) is 2.29. The summed E-state index contributed by atoms with van der Waals surface area (Å²) in [5.74, 6) is 0.841. The van der Waals surface area contributed by atoms with Crippen LogP contribution in [0.3, 0.4) is 0 Å². The molecule has 4 nitrogen and oxygen atoms in total. The van der Waals surface area contributed by atoms with Crippen molar-refractivity contribution in [1.29, 1.82) is 0 Å². The van der Waals surface area contributed by atoms with Crippen molar-refractivity contribution in [3.8, 4) is 5.75 Å². The molecule has 0 aliphatic rings. The largest absolute Gasteiger partial charge is 0.497 e. The lowest BCUT2D eigenvalue weighted by atomic mass is 9.84. The van der Waals surface area contributed by atoms with Crippen molar-refractivity contribution in [2.24, 2.45) is 0 Å². The maximum Gasteiger partial charge on any atom is 0.175 e. The molecule has 0 atom stereocenters. The molecular weight excluding hydrogens is 310 g/mol. The molecule has 0 bridgehead atoms. The molecular formula is C18H23NO3S. The zero-order chi connectivity index (χ0) is 17.1. The van der Waals surface area contributed by atoms with E-state index in [0.717, 1.165) is 18.0 Å². The van der Waals surface area contributed by atoms with Crippen LogP contribution in [0, 0.1) is 0 Å². The molecule has 2 aromatic carbocycles. The molecule has 0 fully saturated rings. The van der Waals surface area contributed by atoms with Crippen LogP contribution in [0.2, 0.25) is 0 Å². The Balaban J connectivity index is 2.09. The van der Waals surface area contributed by atoms with Gasteiger partial charge >= 0.3 is 0 Å². The smallest absolute Gasteiger partial charge is 0.175 e. The average Bonchev–Trinajstić information content (AvgIpc) is 2.52. The number of hydrogen-bond acceptors (Lipinski definition) is 4. The van der Waals surface area contributed by atoms with Crippen molar-refractivity contribution in [2.75, 3.05) is 25.2 Å². The summed E-state index contributed by atoms with van der Waals surface area (Å²) < 4.78 is 28.2. The summed E-state index contributed by atoms with van der Waals surface area (Å²) in [6.45, 7) is 5.03. The number of ether oxygens (including phenoxy) is 1. The van der Waals surface area contributed by atoms with Crippen LogP contribution < -0.4 is 10.1 Å². The van der Waals surface area contributed by atoms with Crippen molar-refractivity contribution in [3.05, 3.63) is 54.1 Å².